The Hall–Kier alpha value is -1.04. The van der Waals surface area contributed by atoms with Crippen molar-refractivity contribution < 1.29 is 0 Å². The summed E-state index contributed by atoms with van der Waals surface area (Å²) in [4.78, 5) is 0. The molecule has 0 saturated heterocycles. The molecule has 0 unspecified atom stereocenters. The Morgan fingerprint density at radius 1 is 0.917 bits per heavy atom. The Kier molecular flexibility index (Phi) is 5.02. The van der Waals surface area contributed by atoms with E-state index in [0.717, 1.165) is 6.42 Å². The molecule has 0 saturated carbocycles. The smallest absolute Gasteiger partial charge is 0.0166 e. The molecule has 0 heteroatoms. The average molecular weight is 159 g/mol. The molecule has 1 radical (unpaired) electrons. The van der Waals surface area contributed by atoms with E-state index in [9.17, 15) is 0 Å². The maximum atomic E-state index is 3.08. The lowest BCUT2D eigenvalue weighted by Crippen LogP contribution is -1.70. The van der Waals surface area contributed by atoms with Crippen molar-refractivity contribution in [3.05, 3.63) is 48.6 Å². The van der Waals surface area contributed by atoms with Crippen LogP contribution in [0.4, 0.5) is 0 Å². The monoisotopic (exact) mass is 159 g/mol. The van der Waals surface area contributed by atoms with Gasteiger partial charge in [0.05, 0.1) is 0 Å². The van der Waals surface area contributed by atoms with Crippen LogP contribution in [0, 0.1) is 6.08 Å². The largest absolute Gasteiger partial charge is 0.0882 e. The fourth-order valence-electron chi connectivity index (χ4n) is 1.06. The zero-order chi connectivity index (χ0) is 8.49. The van der Waals surface area contributed by atoms with Gasteiger partial charge in [0.1, 0.15) is 0 Å². The van der Waals surface area contributed by atoms with Crippen LogP contribution in [0.3, 0.4) is 0 Å². The highest BCUT2D eigenvalue weighted by molar-refractivity contribution is 5.07. The first-order valence-corrected chi connectivity index (χ1v) is 4.54. The van der Waals surface area contributed by atoms with Crippen LogP contribution in [0.5, 0.6) is 0 Å². The quantitative estimate of drug-likeness (QED) is 0.474. The first-order valence-electron chi connectivity index (χ1n) is 4.54. The highest BCUT2D eigenvalue weighted by Crippen LogP contribution is 2.00. The fraction of sp³-hybridized carbons (Fsp3) is 0.333. The first kappa shape index (κ1) is 9.05. The molecule has 0 nitrogen and oxygen atoms in total. The van der Waals surface area contributed by atoms with Crippen LogP contribution in [-0.4, -0.2) is 0 Å². The molecule has 1 aliphatic carbocycles. The van der Waals surface area contributed by atoms with Gasteiger partial charge < -0.3 is 0 Å². The Morgan fingerprint density at radius 2 is 1.83 bits per heavy atom. The van der Waals surface area contributed by atoms with Gasteiger partial charge in [-0.3, -0.25) is 0 Å². The van der Waals surface area contributed by atoms with Crippen LogP contribution in [0.2, 0.25) is 0 Å². The lowest BCUT2D eigenvalue weighted by molar-refractivity contribution is 0.866. The molecule has 0 amide bonds. The summed E-state index contributed by atoms with van der Waals surface area (Å²) in [5.74, 6) is 0. The van der Waals surface area contributed by atoms with Crippen LogP contribution in [0.15, 0.2) is 42.5 Å². The average Bonchev–Trinajstić information content (AvgIpc) is 2.05. The van der Waals surface area contributed by atoms with Gasteiger partial charge in [0, 0.05) is 0 Å². The lowest BCUT2D eigenvalue weighted by Gasteiger charge is -1.90. The van der Waals surface area contributed by atoms with Gasteiger partial charge in [-0.05, 0) is 31.8 Å². The van der Waals surface area contributed by atoms with Crippen molar-refractivity contribution in [1.29, 1.82) is 0 Å². The Morgan fingerprint density at radius 3 is 2.83 bits per heavy atom. The molecular weight excluding hydrogens is 144 g/mol. The predicted molar refractivity (Wildman–Crippen MR) is 53.7 cm³/mol. The molecule has 0 aliphatic heterocycles. The SMILES string of the molecule is [C]1=C/C=C\CCC/C=C\C\C=C/1. The van der Waals surface area contributed by atoms with E-state index in [1.54, 1.807) is 0 Å². The maximum Gasteiger partial charge on any atom is -0.0166 e. The summed E-state index contributed by atoms with van der Waals surface area (Å²) in [6.07, 6.45) is 22.5. The third-order valence-electron chi connectivity index (χ3n) is 1.72. The van der Waals surface area contributed by atoms with Gasteiger partial charge in [-0.2, -0.15) is 0 Å². The highest BCUT2D eigenvalue weighted by Gasteiger charge is 1.80. The normalized spacial score (nSPS) is 29.3. The van der Waals surface area contributed by atoms with E-state index in [4.69, 9.17) is 0 Å². The van der Waals surface area contributed by atoms with Gasteiger partial charge in [0.2, 0.25) is 0 Å². The van der Waals surface area contributed by atoms with Crippen molar-refractivity contribution >= 4 is 0 Å². The molecule has 0 atom stereocenters. The Bertz CT molecular complexity index is 204. The van der Waals surface area contributed by atoms with Crippen LogP contribution < -0.4 is 0 Å². The summed E-state index contributed by atoms with van der Waals surface area (Å²) >= 11 is 0. The molecule has 0 aromatic heterocycles. The predicted octanol–water partition coefficient (Wildman–Crippen LogP) is 3.59. The summed E-state index contributed by atoms with van der Waals surface area (Å²) in [6, 6.07) is 0. The molecule has 0 aromatic carbocycles. The van der Waals surface area contributed by atoms with E-state index in [1.165, 1.54) is 19.3 Å². The molecule has 0 aromatic rings. The molecule has 0 spiro atoms. The van der Waals surface area contributed by atoms with Gasteiger partial charge in [0.15, 0.2) is 0 Å². The number of rotatable bonds is 0. The van der Waals surface area contributed by atoms with E-state index in [1.807, 2.05) is 12.2 Å². The molecule has 1 aliphatic rings. The zero-order valence-electron chi connectivity index (χ0n) is 7.37. The third-order valence-corrected chi connectivity index (χ3v) is 1.72. The minimum Gasteiger partial charge on any atom is -0.0882 e. The van der Waals surface area contributed by atoms with Gasteiger partial charge >= 0.3 is 0 Å². The number of allylic oxidation sites excluding steroid dienone is 8. The molecule has 0 N–H and O–H groups in total. The van der Waals surface area contributed by atoms with Crippen LogP contribution in [0.1, 0.15) is 25.7 Å². The molecule has 12 heavy (non-hydrogen) atoms. The molecular formula is C12H15. The van der Waals surface area contributed by atoms with Crippen LogP contribution in [0.25, 0.3) is 0 Å². The maximum absolute atomic E-state index is 3.08. The third kappa shape index (κ3) is 4.73. The standard InChI is InChI=1S/C12H15/c1-2-4-6-8-10-12-11-9-7-5-3-1/h1-3,7,9-10,12H,4,6,8,11H2/b2-1-,5-3?,9-7-,12-10-. The molecule has 0 bridgehead atoms. The van der Waals surface area contributed by atoms with Gasteiger partial charge in [0.25, 0.3) is 0 Å². The topological polar surface area (TPSA) is 0 Å². The van der Waals surface area contributed by atoms with Crippen molar-refractivity contribution in [2.75, 3.05) is 0 Å². The van der Waals surface area contributed by atoms with Crippen molar-refractivity contribution in [1.82, 2.24) is 0 Å². The minimum absolute atomic E-state index is 1.03. The van der Waals surface area contributed by atoms with E-state index >= 15 is 0 Å². The van der Waals surface area contributed by atoms with Crippen LogP contribution in [-0.2, 0) is 0 Å². The lowest BCUT2D eigenvalue weighted by atomic mass is 10.2. The van der Waals surface area contributed by atoms with Gasteiger partial charge in [-0.25, -0.2) is 0 Å². The summed E-state index contributed by atoms with van der Waals surface area (Å²) in [7, 11) is 0. The van der Waals surface area contributed by atoms with Gasteiger partial charge in [-0.15, -0.1) is 0 Å². The van der Waals surface area contributed by atoms with E-state index in [-0.39, 0.29) is 0 Å². The molecule has 63 valence electrons. The number of hydrogen-bond donors (Lipinski definition) is 0. The van der Waals surface area contributed by atoms with Crippen molar-refractivity contribution in [2.45, 2.75) is 25.7 Å². The van der Waals surface area contributed by atoms with Gasteiger partial charge in [-0.1, -0.05) is 42.5 Å². The summed E-state index contributed by atoms with van der Waals surface area (Å²) in [5.41, 5.74) is 0. The second-order valence-electron chi connectivity index (χ2n) is 2.80. The fourth-order valence-corrected chi connectivity index (χ4v) is 1.06. The molecule has 1 rings (SSSR count). The number of hydrogen-bond acceptors (Lipinski definition) is 0. The Balaban J connectivity index is 2.42. The summed E-state index contributed by atoms with van der Waals surface area (Å²) in [6.45, 7) is 0. The van der Waals surface area contributed by atoms with Crippen molar-refractivity contribution in [3.63, 3.8) is 0 Å². The van der Waals surface area contributed by atoms with E-state index in [2.05, 4.69) is 36.5 Å². The van der Waals surface area contributed by atoms with Crippen molar-refractivity contribution in [2.24, 2.45) is 0 Å². The van der Waals surface area contributed by atoms with E-state index in [0.29, 0.717) is 0 Å². The second kappa shape index (κ2) is 6.66. The minimum atomic E-state index is 1.03. The summed E-state index contributed by atoms with van der Waals surface area (Å²) in [5, 5.41) is 0. The molecule has 0 heterocycles. The second-order valence-corrected chi connectivity index (χ2v) is 2.80. The van der Waals surface area contributed by atoms with E-state index < -0.39 is 0 Å². The van der Waals surface area contributed by atoms with Crippen molar-refractivity contribution in [3.8, 4) is 0 Å². The molecule has 0 fully saturated rings. The zero-order valence-corrected chi connectivity index (χ0v) is 7.37. The highest BCUT2D eigenvalue weighted by atomic mass is 13.9. The Labute approximate surface area is 75.0 Å². The summed E-state index contributed by atoms with van der Waals surface area (Å²) < 4.78 is 0. The first-order chi connectivity index (χ1) is 6.00. The van der Waals surface area contributed by atoms with Crippen LogP contribution >= 0.6 is 0 Å².